The third kappa shape index (κ3) is 4.01. The third-order valence-electron chi connectivity index (χ3n) is 5.71. The van der Waals surface area contributed by atoms with Crippen molar-refractivity contribution in [3.8, 4) is 57.1 Å². The van der Waals surface area contributed by atoms with Gasteiger partial charge in [-0.3, -0.25) is 10.2 Å². The molecular weight excluding hydrogens is 428 g/mol. The Hall–Kier alpha value is -4.46. The molecule has 5 rings (SSSR count). The van der Waals surface area contributed by atoms with Gasteiger partial charge in [0.25, 0.3) is 0 Å². The number of nitrogens with one attached hydrogen (secondary N) is 2. The molecule has 0 atom stereocenters. The van der Waals surface area contributed by atoms with Crippen LogP contribution < -0.4 is 9.47 Å². The van der Waals surface area contributed by atoms with Crippen molar-refractivity contribution >= 4 is 0 Å². The van der Waals surface area contributed by atoms with Gasteiger partial charge >= 0.3 is 0 Å². The molecular formula is C26H24N6O2. The topological polar surface area (TPSA) is 102 Å². The van der Waals surface area contributed by atoms with Gasteiger partial charge in [0.15, 0.2) is 23.3 Å². The van der Waals surface area contributed by atoms with Gasteiger partial charge in [0.2, 0.25) is 0 Å². The largest absolute Gasteiger partial charge is 0.497 e. The van der Waals surface area contributed by atoms with E-state index in [-0.39, 0.29) is 0 Å². The Morgan fingerprint density at radius 2 is 1.06 bits per heavy atom. The molecule has 2 N–H and O–H groups in total. The Labute approximate surface area is 197 Å². The Balaban J connectivity index is 1.46. The van der Waals surface area contributed by atoms with Gasteiger partial charge in [-0.2, -0.15) is 10.2 Å². The molecule has 5 aromatic rings. The highest BCUT2D eigenvalue weighted by Gasteiger charge is 2.16. The molecule has 0 saturated carbocycles. The maximum Gasteiger partial charge on any atom is 0.181 e. The molecule has 2 aromatic heterocycles. The fraction of sp³-hybridized carbons (Fsp3) is 0.154. The van der Waals surface area contributed by atoms with E-state index < -0.39 is 0 Å². The number of hydrogen-bond acceptors (Lipinski definition) is 6. The van der Waals surface area contributed by atoms with Gasteiger partial charge in [0.1, 0.15) is 11.5 Å². The van der Waals surface area contributed by atoms with Crippen molar-refractivity contribution in [2.75, 3.05) is 14.2 Å². The van der Waals surface area contributed by atoms with Gasteiger partial charge < -0.3 is 9.47 Å². The van der Waals surface area contributed by atoms with Crippen LogP contribution in [0.2, 0.25) is 0 Å². The van der Waals surface area contributed by atoms with E-state index in [0.717, 1.165) is 44.9 Å². The minimum Gasteiger partial charge on any atom is -0.497 e. The zero-order valence-electron chi connectivity index (χ0n) is 19.4. The summed E-state index contributed by atoms with van der Waals surface area (Å²) >= 11 is 0. The van der Waals surface area contributed by atoms with Crippen LogP contribution in [0.5, 0.6) is 11.5 Å². The smallest absolute Gasteiger partial charge is 0.181 e. The van der Waals surface area contributed by atoms with Crippen LogP contribution in [-0.2, 0) is 0 Å². The van der Waals surface area contributed by atoms with Crippen LogP contribution in [-0.4, -0.2) is 44.6 Å². The van der Waals surface area contributed by atoms with Gasteiger partial charge in [-0.15, -0.1) is 0 Å². The SMILES string of the molecule is COc1cccc(-c2n[nH]c(-c3cc(C)c(-c4nc(-c5cccc(OC)c5)n[nH]4)cc3C)n2)c1. The van der Waals surface area contributed by atoms with E-state index in [2.05, 4.69) is 32.5 Å². The van der Waals surface area contributed by atoms with Crippen LogP contribution in [0.3, 0.4) is 0 Å². The Morgan fingerprint density at radius 1 is 0.618 bits per heavy atom. The van der Waals surface area contributed by atoms with Crippen LogP contribution in [0.15, 0.2) is 60.7 Å². The van der Waals surface area contributed by atoms with Gasteiger partial charge in [0.05, 0.1) is 14.2 Å². The van der Waals surface area contributed by atoms with Gasteiger partial charge in [-0.05, 0) is 61.4 Å². The maximum absolute atomic E-state index is 5.31. The lowest BCUT2D eigenvalue weighted by molar-refractivity contribution is 0.415. The second kappa shape index (κ2) is 8.82. The highest BCUT2D eigenvalue weighted by molar-refractivity contribution is 5.72. The van der Waals surface area contributed by atoms with Crippen molar-refractivity contribution < 1.29 is 9.47 Å². The summed E-state index contributed by atoms with van der Waals surface area (Å²) in [7, 11) is 3.29. The van der Waals surface area contributed by atoms with Crippen molar-refractivity contribution in [2.45, 2.75) is 13.8 Å². The van der Waals surface area contributed by atoms with Crippen molar-refractivity contribution in [1.29, 1.82) is 0 Å². The van der Waals surface area contributed by atoms with Crippen molar-refractivity contribution in [3.05, 3.63) is 71.8 Å². The molecule has 3 aromatic carbocycles. The number of aryl methyl sites for hydroxylation is 2. The van der Waals surface area contributed by atoms with E-state index in [1.165, 1.54) is 0 Å². The summed E-state index contributed by atoms with van der Waals surface area (Å²) < 4.78 is 10.6. The summed E-state index contributed by atoms with van der Waals surface area (Å²) in [6.07, 6.45) is 0. The molecule has 0 aliphatic carbocycles. The number of H-pyrrole nitrogens is 2. The van der Waals surface area contributed by atoms with E-state index in [9.17, 15) is 0 Å². The summed E-state index contributed by atoms with van der Waals surface area (Å²) in [5.74, 6) is 4.18. The lowest BCUT2D eigenvalue weighted by Crippen LogP contribution is -1.93. The summed E-state index contributed by atoms with van der Waals surface area (Å²) in [5, 5.41) is 15.0. The predicted octanol–water partition coefficient (Wildman–Crippen LogP) is 5.22. The molecule has 8 heteroatoms. The van der Waals surface area contributed by atoms with E-state index in [0.29, 0.717) is 23.3 Å². The number of benzene rings is 3. The van der Waals surface area contributed by atoms with Gasteiger partial charge in [-0.1, -0.05) is 24.3 Å². The molecule has 0 saturated heterocycles. The van der Waals surface area contributed by atoms with Gasteiger partial charge in [0, 0.05) is 22.3 Å². The second-order valence-electron chi connectivity index (χ2n) is 7.96. The Bertz CT molecular complexity index is 1360. The molecule has 0 spiro atoms. The van der Waals surface area contributed by atoms with Crippen LogP contribution in [0, 0.1) is 13.8 Å². The second-order valence-corrected chi connectivity index (χ2v) is 7.96. The van der Waals surface area contributed by atoms with Crippen LogP contribution in [0.1, 0.15) is 11.1 Å². The zero-order valence-corrected chi connectivity index (χ0v) is 19.4. The minimum atomic E-state index is 0.619. The quantitative estimate of drug-likeness (QED) is 0.366. The molecule has 0 unspecified atom stereocenters. The summed E-state index contributed by atoms with van der Waals surface area (Å²) in [6, 6.07) is 19.6. The number of methoxy groups -OCH3 is 2. The van der Waals surface area contributed by atoms with Gasteiger partial charge in [-0.25, -0.2) is 9.97 Å². The molecule has 0 fully saturated rings. The number of ether oxygens (including phenoxy) is 2. The number of nitrogens with zero attached hydrogens (tertiary/aromatic N) is 4. The normalized spacial score (nSPS) is 10.9. The fourth-order valence-electron chi connectivity index (χ4n) is 3.87. The molecule has 8 nitrogen and oxygen atoms in total. The summed E-state index contributed by atoms with van der Waals surface area (Å²) in [5.41, 5.74) is 5.84. The number of rotatable bonds is 6. The molecule has 2 heterocycles. The van der Waals surface area contributed by atoms with Crippen LogP contribution >= 0.6 is 0 Å². The molecule has 0 bridgehead atoms. The Kier molecular flexibility index (Phi) is 5.55. The third-order valence-corrected chi connectivity index (χ3v) is 5.71. The van der Waals surface area contributed by atoms with E-state index in [1.54, 1.807) is 14.2 Å². The van der Waals surface area contributed by atoms with E-state index in [4.69, 9.17) is 19.4 Å². The lowest BCUT2D eigenvalue weighted by atomic mass is 9.99. The van der Waals surface area contributed by atoms with E-state index >= 15 is 0 Å². The predicted molar refractivity (Wildman–Crippen MR) is 131 cm³/mol. The summed E-state index contributed by atoms with van der Waals surface area (Å²) in [6.45, 7) is 4.09. The average Bonchev–Trinajstić information content (AvgIpc) is 3.56. The molecule has 0 aliphatic heterocycles. The van der Waals surface area contributed by atoms with Crippen LogP contribution in [0.25, 0.3) is 45.6 Å². The first-order chi connectivity index (χ1) is 16.6. The maximum atomic E-state index is 5.31. The molecule has 0 radical (unpaired) electrons. The van der Waals surface area contributed by atoms with Crippen molar-refractivity contribution in [3.63, 3.8) is 0 Å². The first-order valence-corrected chi connectivity index (χ1v) is 10.8. The lowest BCUT2D eigenvalue weighted by Gasteiger charge is -2.08. The highest BCUT2D eigenvalue weighted by Crippen LogP contribution is 2.31. The monoisotopic (exact) mass is 452 g/mol. The molecule has 34 heavy (non-hydrogen) atoms. The number of hydrogen-bond donors (Lipinski definition) is 2. The first-order valence-electron chi connectivity index (χ1n) is 10.8. The molecule has 0 amide bonds. The fourth-order valence-corrected chi connectivity index (χ4v) is 3.87. The number of aromatic nitrogens is 6. The molecule has 170 valence electrons. The van der Waals surface area contributed by atoms with E-state index in [1.807, 2.05) is 62.4 Å². The number of aromatic amines is 2. The zero-order chi connectivity index (χ0) is 23.7. The van der Waals surface area contributed by atoms with Crippen molar-refractivity contribution in [1.82, 2.24) is 30.4 Å². The Morgan fingerprint density at radius 3 is 1.47 bits per heavy atom. The highest BCUT2D eigenvalue weighted by atomic mass is 16.5. The first kappa shape index (κ1) is 21.4. The minimum absolute atomic E-state index is 0.619. The summed E-state index contributed by atoms with van der Waals surface area (Å²) in [4.78, 5) is 9.44. The van der Waals surface area contributed by atoms with Crippen molar-refractivity contribution in [2.24, 2.45) is 0 Å². The molecule has 0 aliphatic rings. The standard InChI is InChI=1S/C26H24N6O2/c1-15-11-22(26-28-24(30-32-26)18-8-6-10-20(14-18)34-4)16(2)12-21(15)25-27-23(29-31-25)17-7-5-9-19(13-17)33-3/h5-14H,1-4H3,(H,27,29,31)(H,28,30,32). The van der Waals surface area contributed by atoms with Crippen LogP contribution in [0.4, 0.5) is 0 Å². The average molecular weight is 453 g/mol.